The van der Waals surface area contributed by atoms with Gasteiger partial charge in [0.25, 0.3) is 5.56 Å². The van der Waals surface area contributed by atoms with E-state index in [9.17, 15) is 4.79 Å². The van der Waals surface area contributed by atoms with Crippen LogP contribution in [0.2, 0.25) is 15.1 Å². The molecule has 0 radical (unpaired) electrons. The molecule has 1 atom stereocenters. The molecule has 1 unspecified atom stereocenters. The van der Waals surface area contributed by atoms with Gasteiger partial charge in [-0.1, -0.05) is 79.0 Å². The summed E-state index contributed by atoms with van der Waals surface area (Å²) in [6, 6.07) is 20.5. The lowest BCUT2D eigenvalue weighted by atomic mass is 9.98. The quantitative estimate of drug-likeness (QED) is 0.240. The monoisotopic (exact) mass is 566 g/mol. The summed E-state index contributed by atoms with van der Waals surface area (Å²) in [5.41, 5.74) is 2.03. The Bertz CT molecular complexity index is 1590. The van der Waals surface area contributed by atoms with Crippen molar-refractivity contribution in [2.75, 3.05) is 6.54 Å². The minimum absolute atomic E-state index is 0.0948. The lowest BCUT2D eigenvalue weighted by Crippen LogP contribution is -2.42. The summed E-state index contributed by atoms with van der Waals surface area (Å²) in [6.45, 7) is 9.55. The van der Waals surface area contributed by atoms with Gasteiger partial charge in [0, 0.05) is 17.1 Å². The van der Waals surface area contributed by atoms with E-state index in [1.165, 1.54) is 0 Å². The molecule has 5 nitrogen and oxygen atoms in total. The van der Waals surface area contributed by atoms with Crippen molar-refractivity contribution in [1.29, 1.82) is 0 Å². The van der Waals surface area contributed by atoms with Crippen molar-refractivity contribution in [2.24, 2.45) is 10.9 Å². The van der Waals surface area contributed by atoms with Gasteiger partial charge in [0.15, 0.2) is 0 Å². The number of aliphatic imine (C=N–C) groups is 1. The Morgan fingerprint density at radius 2 is 1.68 bits per heavy atom. The molecule has 196 valence electrons. The average molecular weight is 568 g/mol. The molecule has 0 saturated carbocycles. The maximum Gasteiger partial charge on any atom is 0.261 e. The second kappa shape index (κ2) is 10.4. The van der Waals surface area contributed by atoms with Gasteiger partial charge in [-0.25, -0.2) is 4.98 Å². The lowest BCUT2D eigenvalue weighted by molar-refractivity contribution is 0.225. The van der Waals surface area contributed by atoms with E-state index >= 15 is 0 Å². The molecule has 38 heavy (non-hydrogen) atoms. The van der Waals surface area contributed by atoms with Crippen LogP contribution < -0.4 is 5.56 Å². The number of aromatic nitrogens is 2. The molecule has 3 aromatic carbocycles. The molecule has 0 bridgehead atoms. The number of amidine groups is 1. The molecule has 0 saturated heterocycles. The summed E-state index contributed by atoms with van der Waals surface area (Å²) in [6.07, 6.45) is 0. The van der Waals surface area contributed by atoms with E-state index in [4.69, 9.17) is 44.8 Å². The second-order valence-corrected chi connectivity index (χ2v) is 12.0. The number of halogens is 3. The molecule has 1 aliphatic rings. The normalized spacial score (nSPS) is 15.8. The Morgan fingerprint density at radius 1 is 0.947 bits per heavy atom. The van der Waals surface area contributed by atoms with Crippen LogP contribution >= 0.6 is 34.8 Å². The van der Waals surface area contributed by atoms with Crippen LogP contribution in [0.25, 0.3) is 10.9 Å². The van der Waals surface area contributed by atoms with Crippen LogP contribution in [-0.4, -0.2) is 32.4 Å². The number of rotatable bonds is 6. The first-order valence-electron chi connectivity index (χ1n) is 12.6. The Labute approximate surface area is 237 Å². The van der Waals surface area contributed by atoms with Gasteiger partial charge in [-0.2, -0.15) is 0 Å². The molecule has 0 N–H and O–H groups in total. The van der Waals surface area contributed by atoms with Gasteiger partial charge in [-0.15, -0.1) is 0 Å². The first-order chi connectivity index (χ1) is 18.0. The van der Waals surface area contributed by atoms with Crippen molar-refractivity contribution in [2.45, 2.75) is 45.8 Å². The van der Waals surface area contributed by atoms with Crippen LogP contribution in [0.1, 0.15) is 50.7 Å². The van der Waals surface area contributed by atoms with Crippen molar-refractivity contribution < 1.29 is 0 Å². The summed E-state index contributed by atoms with van der Waals surface area (Å²) in [4.78, 5) is 26.4. The first-order valence-corrected chi connectivity index (χ1v) is 13.7. The van der Waals surface area contributed by atoms with E-state index in [1.807, 2.05) is 42.5 Å². The van der Waals surface area contributed by atoms with Gasteiger partial charge in [0.1, 0.15) is 11.7 Å². The van der Waals surface area contributed by atoms with E-state index < -0.39 is 0 Å². The largest absolute Gasteiger partial charge is 0.344 e. The van der Waals surface area contributed by atoms with Crippen LogP contribution in [0.4, 0.5) is 0 Å². The number of fused-ring (bicyclic) bond motifs is 1. The van der Waals surface area contributed by atoms with Gasteiger partial charge >= 0.3 is 0 Å². The highest BCUT2D eigenvalue weighted by molar-refractivity contribution is 6.42. The fraction of sp³-hybridized carbons (Fsp3) is 0.300. The van der Waals surface area contributed by atoms with Crippen molar-refractivity contribution in [3.63, 3.8) is 0 Å². The van der Waals surface area contributed by atoms with Crippen molar-refractivity contribution >= 4 is 51.5 Å². The van der Waals surface area contributed by atoms with E-state index in [2.05, 4.69) is 32.6 Å². The third-order valence-electron chi connectivity index (χ3n) is 6.78. The molecule has 0 fully saturated rings. The molecule has 5 rings (SSSR count). The molecule has 2 heterocycles. The van der Waals surface area contributed by atoms with Crippen LogP contribution in [0.5, 0.6) is 0 Å². The lowest BCUT2D eigenvalue weighted by Gasteiger charge is -2.35. The molecule has 4 aromatic rings. The minimum atomic E-state index is -0.348. The van der Waals surface area contributed by atoms with Gasteiger partial charge < -0.3 is 4.90 Å². The van der Waals surface area contributed by atoms with Gasteiger partial charge in [0.2, 0.25) is 0 Å². The molecular weight excluding hydrogens is 539 g/mol. The van der Waals surface area contributed by atoms with Gasteiger partial charge in [-0.3, -0.25) is 14.4 Å². The van der Waals surface area contributed by atoms with Crippen LogP contribution in [0.3, 0.4) is 0 Å². The van der Waals surface area contributed by atoms with Crippen molar-refractivity contribution in [1.82, 2.24) is 14.5 Å². The van der Waals surface area contributed by atoms with Gasteiger partial charge in [0.05, 0.1) is 39.1 Å². The summed E-state index contributed by atoms with van der Waals surface area (Å²) < 4.78 is 1.80. The average Bonchev–Trinajstić information content (AvgIpc) is 3.18. The SMILES string of the molecule is CC(C)C(c1nc2cc(Cl)ccc2c(=O)n1Cc1ccccc1)N1CC(C)(C)N=C1c1ccc(Cl)c(Cl)c1. The molecule has 0 spiro atoms. The third-order valence-corrected chi connectivity index (χ3v) is 7.75. The Hall–Kier alpha value is -2.86. The molecule has 0 aliphatic carbocycles. The maximum absolute atomic E-state index is 14.0. The smallest absolute Gasteiger partial charge is 0.261 e. The van der Waals surface area contributed by atoms with Crippen LogP contribution in [0, 0.1) is 5.92 Å². The molecule has 1 aromatic heterocycles. The highest BCUT2D eigenvalue weighted by Gasteiger charge is 2.40. The molecule has 1 aliphatic heterocycles. The number of benzene rings is 3. The van der Waals surface area contributed by atoms with Crippen LogP contribution in [0.15, 0.2) is 76.5 Å². The zero-order chi connectivity index (χ0) is 27.2. The van der Waals surface area contributed by atoms with Crippen LogP contribution in [-0.2, 0) is 6.54 Å². The number of hydrogen-bond donors (Lipinski definition) is 0. The minimum Gasteiger partial charge on any atom is -0.344 e. The topological polar surface area (TPSA) is 50.5 Å². The second-order valence-electron chi connectivity index (χ2n) is 10.7. The third kappa shape index (κ3) is 5.20. The number of hydrogen-bond acceptors (Lipinski definition) is 4. The molecule has 8 heteroatoms. The summed E-state index contributed by atoms with van der Waals surface area (Å²) in [5.74, 6) is 1.58. The predicted molar refractivity (Wildman–Crippen MR) is 158 cm³/mol. The first kappa shape index (κ1) is 26.7. The van der Waals surface area contributed by atoms with E-state index in [1.54, 1.807) is 28.8 Å². The highest BCUT2D eigenvalue weighted by atomic mass is 35.5. The Balaban J connectivity index is 1.73. The van der Waals surface area contributed by atoms with Gasteiger partial charge in [-0.05, 0) is 61.7 Å². The summed E-state index contributed by atoms with van der Waals surface area (Å²) in [5, 5.41) is 2.04. The molecular formula is C30H29Cl3N4O. The summed E-state index contributed by atoms with van der Waals surface area (Å²) in [7, 11) is 0. The maximum atomic E-state index is 14.0. The summed E-state index contributed by atoms with van der Waals surface area (Å²) >= 11 is 19.0. The highest BCUT2D eigenvalue weighted by Crippen LogP contribution is 2.37. The van der Waals surface area contributed by atoms with E-state index in [0.29, 0.717) is 44.9 Å². The van der Waals surface area contributed by atoms with Crippen molar-refractivity contribution in [3.05, 3.63) is 109 Å². The predicted octanol–water partition coefficient (Wildman–Crippen LogP) is 7.64. The zero-order valence-electron chi connectivity index (χ0n) is 21.8. The number of nitrogens with zero attached hydrogens (tertiary/aromatic N) is 4. The Kier molecular flexibility index (Phi) is 7.29. The fourth-order valence-corrected chi connectivity index (χ4v) is 5.59. The van der Waals surface area contributed by atoms with Crippen molar-refractivity contribution in [3.8, 4) is 0 Å². The van der Waals surface area contributed by atoms with E-state index in [-0.39, 0.29) is 23.1 Å². The Morgan fingerprint density at radius 3 is 2.37 bits per heavy atom. The molecule has 0 amide bonds. The van der Waals surface area contributed by atoms with E-state index in [0.717, 1.165) is 17.0 Å². The zero-order valence-corrected chi connectivity index (χ0v) is 24.0. The standard InChI is InChI=1S/C30H29Cl3N4O/c1-18(2)26(37-17-30(3,4)35-27(37)20-10-13-23(32)24(33)14-20)28-34-25-15-21(31)11-12-22(25)29(38)36(28)16-19-8-6-5-7-9-19/h5-15,18,26H,16-17H2,1-4H3. The fourth-order valence-electron chi connectivity index (χ4n) is 5.13.